The maximum atomic E-state index is 11.9. The Hall–Kier alpha value is -3.61. The second kappa shape index (κ2) is 7.74. The number of carbonyl (C=O) groups is 2. The molecule has 1 heterocycles. The minimum atomic E-state index is -0.678. The molecule has 0 radical (unpaired) electrons. The zero-order valence-corrected chi connectivity index (χ0v) is 15.1. The Morgan fingerprint density at radius 3 is 2.56 bits per heavy atom. The summed E-state index contributed by atoms with van der Waals surface area (Å²) in [5, 5.41) is 2.90. The average molecular weight is 366 g/mol. The van der Waals surface area contributed by atoms with Gasteiger partial charge in [-0.25, -0.2) is 14.6 Å². The Morgan fingerprint density at radius 1 is 1.11 bits per heavy atom. The van der Waals surface area contributed by atoms with Crippen molar-refractivity contribution in [3.8, 4) is 11.5 Å². The molecule has 1 aromatic heterocycles. The van der Waals surface area contributed by atoms with Gasteiger partial charge in [-0.05, 0) is 42.8 Å². The van der Waals surface area contributed by atoms with E-state index in [1.165, 1.54) is 14.2 Å². The summed E-state index contributed by atoms with van der Waals surface area (Å²) in [5.74, 6) is -0.837. The second-order valence-corrected chi connectivity index (χ2v) is 5.71. The van der Waals surface area contributed by atoms with Gasteiger partial charge in [0.05, 0.1) is 20.3 Å². The molecule has 7 nitrogen and oxygen atoms in total. The molecule has 27 heavy (non-hydrogen) atoms. The predicted molar refractivity (Wildman–Crippen MR) is 99.9 cm³/mol. The number of fused-ring (bicyclic) bond motifs is 1. The minimum Gasteiger partial charge on any atom is -0.466 e. The van der Waals surface area contributed by atoms with E-state index in [1.807, 2.05) is 43.3 Å². The number of nitrogens with zero attached hydrogens (tertiary/aromatic N) is 1. The van der Waals surface area contributed by atoms with Crippen molar-refractivity contribution in [2.75, 3.05) is 19.5 Å². The molecule has 138 valence electrons. The average Bonchev–Trinajstić information content (AvgIpc) is 3.12. The summed E-state index contributed by atoms with van der Waals surface area (Å²) in [5.41, 5.74) is 3.72. The van der Waals surface area contributed by atoms with Gasteiger partial charge in [-0.3, -0.25) is 0 Å². The van der Waals surface area contributed by atoms with Gasteiger partial charge in [0.15, 0.2) is 5.58 Å². The molecule has 0 aliphatic heterocycles. The third-order valence-electron chi connectivity index (χ3n) is 3.91. The van der Waals surface area contributed by atoms with Crippen LogP contribution in [0.1, 0.15) is 5.56 Å². The van der Waals surface area contributed by atoms with Crippen LogP contribution in [0, 0.1) is 6.92 Å². The Balaban J connectivity index is 1.90. The number of carbonyl (C=O) groups excluding carboxylic acids is 2. The molecule has 3 rings (SSSR count). The first-order valence-corrected chi connectivity index (χ1v) is 8.13. The van der Waals surface area contributed by atoms with E-state index in [4.69, 9.17) is 9.15 Å². The molecule has 0 bridgehead atoms. The van der Waals surface area contributed by atoms with E-state index in [0.29, 0.717) is 17.2 Å². The van der Waals surface area contributed by atoms with Crippen molar-refractivity contribution < 1.29 is 23.5 Å². The van der Waals surface area contributed by atoms with Crippen LogP contribution in [0.15, 0.2) is 58.7 Å². The number of oxazole rings is 1. The molecule has 2 aromatic carbocycles. The zero-order valence-electron chi connectivity index (χ0n) is 15.1. The van der Waals surface area contributed by atoms with Crippen LogP contribution < -0.4 is 5.32 Å². The van der Waals surface area contributed by atoms with E-state index in [0.717, 1.165) is 22.7 Å². The normalized spacial score (nSPS) is 11.3. The maximum Gasteiger partial charge on any atom is 0.354 e. The van der Waals surface area contributed by atoms with Gasteiger partial charge in [0.25, 0.3) is 0 Å². The first kappa shape index (κ1) is 18.2. The Labute approximate surface area is 155 Å². The van der Waals surface area contributed by atoms with Crippen LogP contribution in [0.25, 0.3) is 22.6 Å². The maximum absolute atomic E-state index is 11.9. The van der Waals surface area contributed by atoms with Crippen molar-refractivity contribution in [1.82, 2.24) is 4.98 Å². The lowest BCUT2D eigenvalue weighted by Gasteiger charge is -2.12. The first-order chi connectivity index (χ1) is 13.0. The van der Waals surface area contributed by atoms with Gasteiger partial charge in [-0.1, -0.05) is 12.1 Å². The van der Waals surface area contributed by atoms with Crippen molar-refractivity contribution in [2.45, 2.75) is 6.92 Å². The fourth-order valence-corrected chi connectivity index (χ4v) is 2.51. The number of aryl methyl sites for hydroxylation is 1. The number of benzene rings is 2. The molecule has 0 saturated heterocycles. The predicted octanol–water partition coefficient (Wildman–Crippen LogP) is 3.45. The van der Waals surface area contributed by atoms with Gasteiger partial charge in [-0.15, -0.1) is 0 Å². The summed E-state index contributed by atoms with van der Waals surface area (Å²) in [6, 6.07) is 13.0. The highest BCUT2D eigenvalue weighted by Crippen LogP contribution is 2.28. The number of para-hydroxylation sites is 2. The lowest BCUT2D eigenvalue weighted by atomic mass is 10.1. The highest BCUT2D eigenvalue weighted by atomic mass is 16.5. The van der Waals surface area contributed by atoms with Gasteiger partial charge in [-0.2, -0.15) is 0 Å². The van der Waals surface area contributed by atoms with E-state index in [9.17, 15) is 9.59 Å². The first-order valence-electron chi connectivity index (χ1n) is 8.13. The topological polar surface area (TPSA) is 90.7 Å². The molecule has 0 fully saturated rings. The molecule has 0 spiro atoms. The Morgan fingerprint density at radius 2 is 1.89 bits per heavy atom. The number of anilines is 1. The number of hydrogen-bond donors (Lipinski definition) is 1. The monoisotopic (exact) mass is 366 g/mol. The summed E-state index contributed by atoms with van der Waals surface area (Å²) < 4.78 is 15.0. The molecule has 1 N–H and O–H groups in total. The number of ether oxygens (including phenoxy) is 2. The van der Waals surface area contributed by atoms with Crippen LogP contribution >= 0.6 is 0 Å². The summed E-state index contributed by atoms with van der Waals surface area (Å²) in [6.07, 6.45) is 1.04. The molecular formula is C20H18N2O5. The molecule has 0 atom stereocenters. The smallest absolute Gasteiger partial charge is 0.354 e. The molecular weight excluding hydrogens is 348 g/mol. The van der Waals surface area contributed by atoms with Crippen molar-refractivity contribution in [2.24, 2.45) is 0 Å². The van der Waals surface area contributed by atoms with Gasteiger partial charge < -0.3 is 19.2 Å². The molecule has 0 amide bonds. The highest BCUT2D eigenvalue weighted by Gasteiger charge is 2.15. The van der Waals surface area contributed by atoms with E-state index in [2.05, 4.69) is 15.0 Å². The SMILES string of the molecule is COC(=O)/C=C(/Nc1ccc(-c2nc3ccccc3o2)cc1C)C(=O)OC. The van der Waals surface area contributed by atoms with Crippen LogP contribution in [0.2, 0.25) is 0 Å². The van der Waals surface area contributed by atoms with Crippen LogP contribution in [-0.2, 0) is 19.1 Å². The fraction of sp³-hybridized carbons (Fsp3) is 0.150. The van der Waals surface area contributed by atoms with Crippen LogP contribution in [-0.4, -0.2) is 31.1 Å². The van der Waals surface area contributed by atoms with Crippen molar-refractivity contribution in [3.05, 3.63) is 59.8 Å². The highest BCUT2D eigenvalue weighted by molar-refractivity contribution is 5.98. The van der Waals surface area contributed by atoms with Gasteiger partial charge in [0.1, 0.15) is 11.2 Å². The molecule has 0 saturated carbocycles. The number of methoxy groups -OCH3 is 2. The third-order valence-corrected chi connectivity index (χ3v) is 3.91. The summed E-state index contributed by atoms with van der Waals surface area (Å²) >= 11 is 0. The molecule has 0 unspecified atom stereocenters. The summed E-state index contributed by atoms with van der Waals surface area (Å²) in [4.78, 5) is 27.8. The van der Waals surface area contributed by atoms with Crippen molar-refractivity contribution >= 4 is 28.7 Å². The molecule has 7 heteroatoms. The summed E-state index contributed by atoms with van der Waals surface area (Å²) in [6.45, 7) is 1.86. The van der Waals surface area contributed by atoms with Crippen LogP contribution in [0.4, 0.5) is 5.69 Å². The molecule has 3 aromatic rings. The number of esters is 2. The van der Waals surface area contributed by atoms with Gasteiger partial charge in [0, 0.05) is 11.3 Å². The lowest BCUT2D eigenvalue weighted by molar-refractivity contribution is -0.138. The quantitative estimate of drug-likeness (QED) is 0.546. The van der Waals surface area contributed by atoms with Gasteiger partial charge in [0.2, 0.25) is 5.89 Å². The fourth-order valence-electron chi connectivity index (χ4n) is 2.51. The Bertz CT molecular complexity index is 1000. The molecule has 0 aliphatic carbocycles. The number of rotatable bonds is 5. The second-order valence-electron chi connectivity index (χ2n) is 5.71. The minimum absolute atomic E-state index is 0.0259. The number of hydrogen-bond acceptors (Lipinski definition) is 7. The third kappa shape index (κ3) is 3.98. The summed E-state index contributed by atoms with van der Waals surface area (Å²) in [7, 11) is 2.46. The van der Waals surface area contributed by atoms with E-state index in [1.54, 1.807) is 6.07 Å². The van der Waals surface area contributed by atoms with Crippen LogP contribution in [0.3, 0.4) is 0 Å². The van der Waals surface area contributed by atoms with Crippen LogP contribution in [0.5, 0.6) is 0 Å². The van der Waals surface area contributed by atoms with Crippen molar-refractivity contribution in [3.63, 3.8) is 0 Å². The van der Waals surface area contributed by atoms with E-state index >= 15 is 0 Å². The zero-order chi connectivity index (χ0) is 19.4. The van der Waals surface area contributed by atoms with E-state index < -0.39 is 11.9 Å². The number of nitrogens with one attached hydrogen (secondary N) is 1. The standard InChI is InChI=1S/C20H18N2O5/c1-12-10-13(19-22-15-6-4-5-7-17(15)27-19)8-9-14(12)21-16(20(24)26-3)11-18(23)25-2/h4-11,21H,1-3H3/b16-11+. The van der Waals surface area contributed by atoms with Crippen molar-refractivity contribution in [1.29, 1.82) is 0 Å². The Kier molecular flexibility index (Phi) is 5.21. The lowest BCUT2D eigenvalue weighted by Crippen LogP contribution is -2.16. The molecule has 0 aliphatic rings. The van der Waals surface area contributed by atoms with E-state index in [-0.39, 0.29) is 5.70 Å². The van der Waals surface area contributed by atoms with Gasteiger partial charge >= 0.3 is 11.9 Å². The largest absolute Gasteiger partial charge is 0.466 e. The number of aromatic nitrogens is 1.